The Morgan fingerprint density at radius 2 is 2.50 bits per heavy atom. The van der Waals surface area contributed by atoms with Gasteiger partial charge in [0.15, 0.2) is 6.61 Å². The lowest BCUT2D eigenvalue weighted by Crippen LogP contribution is -2.32. The highest BCUT2D eigenvalue weighted by Crippen LogP contribution is 1.85. The minimum atomic E-state index is -0.500. The lowest BCUT2D eigenvalue weighted by molar-refractivity contribution is 0.124. The topological polar surface area (TPSA) is 55.6 Å². The molecule has 10 heavy (non-hydrogen) atoms. The second kappa shape index (κ2) is 4.65. The highest BCUT2D eigenvalue weighted by molar-refractivity contribution is 5.67. The number of nitrogens with two attached hydrogens (primary N) is 1. The molecule has 0 saturated carbocycles. The number of carbonyl (C=O) groups is 1. The smallest absolute Gasteiger partial charge is 0.411 e. The van der Waals surface area contributed by atoms with Crippen molar-refractivity contribution >= 4 is 6.09 Å². The lowest BCUT2D eigenvalue weighted by atomic mass is 10.7. The molecule has 0 atom stereocenters. The molecule has 4 nitrogen and oxygen atoms in total. The fraction of sp³-hybridized carbons (Fsp3) is 0.500. The van der Waals surface area contributed by atoms with Gasteiger partial charge in [-0.1, -0.05) is 5.92 Å². The van der Waals surface area contributed by atoms with Crippen molar-refractivity contribution in [3.8, 4) is 12.3 Å². The van der Waals surface area contributed by atoms with Gasteiger partial charge in [-0.25, -0.2) is 4.79 Å². The fourth-order valence-electron chi connectivity index (χ4n) is 0.288. The van der Waals surface area contributed by atoms with Crippen LogP contribution in [0.25, 0.3) is 0 Å². The highest BCUT2D eigenvalue weighted by atomic mass is 16.6. The third-order valence-electron chi connectivity index (χ3n) is 0.865. The Kier molecular flexibility index (Phi) is 4.09. The second-order valence-corrected chi connectivity index (χ2v) is 1.64. The molecule has 0 aliphatic carbocycles. The Balaban J connectivity index is 3.54. The minimum Gasteiger partial charge on any atom is -0.436 e. The first-order valence-electron chi connectivity index (χ1n) is 2.73. The van der Waals surface area contributed by atoms with E-state index >= 15 is 0 Å². The van der Waals surface area contributed by atoms with Gasteiger partial charge in [-0.3, -0.25) is 4.90 Å². The van der Waals surface area contributed by atoms with Gasteiger partial charge in [-0.05, 0) is 0 Å². The molecular weight excluding hydrogens is 132 g/mol. The van der Waals surface area contributed by atoms with Crippen molar-refractivity contribution in [3.05, 3.63) is 0 Å². The van der Waals surface area contributed by atoms with Crippen LogP contribution in [0.4, 0.5) is 4.79 Å². The maximum atomic E-state index is 10.7. The third kappa shape index (κ3) is 2.95. The molecule has 0 aromatic carbocycles. The van der Waals surface area contributed by atoms with Gasteiger partial charge < -0.3 is 10.5 Å². The molecule has 0 aromatic rings. The average Bonchev–Trinajstić information content (AvgIpc) is 1.98. The summed E-state index contributed by atoms with van der Waals surface area (Å²) in [4.78, 5) is 11.9. The molecule has 1 amide bonds. The number of amides is 1. The first-order valence-corrected chi connectivity index (χ1v) is 2.73. The maximum Gasteiger partial charge on any atom is 0.411 e. The third-order valence-corrected chi connectivity index (χ3v) is 0.865. The van der Waals surface area contributed by atoms with E-state index in [2.05, 4.69) is 10.7 Å². The van der Waals surface area contributed by atoms with E-state index in [1.54, 1.807) is 0 Å². The number of carbonyl (C=O) groups excluding carboxylic acids is 1. The molecule has 0 fully saturated rings. The Labute approximate surface area is 59.9 Å². The van der Waals surface area contributed by atoms with Crippen molar-refractivity contribution in [3.63, 3.8) is 0 Å². The van der Waals surface area contributed by atoms with E-state index < -0.39 is 6.09 Å². The number of terminal acetylenes is 1. The summed E-state index contributed by atoms with van der Waals surface area (Å²) in [6.45, 7) is 0.118. The van der Waals surface area contributed by atoms with Crippen LogP contribution in [0.3, 0.4) is 0 Å². The normalized spacial score (nSPS) is 8.10. The van der Waals surface area contributed by atoms with Gasteiger partial charge in [0.05, 0.1) is 6.67 Å². The van der Waals surface area contributed by atoms with Gasteiger partial charge in [0.1, 0.15) is 0 Å². The SMILES string of the molecule is C#CCOC(=O)N(C)CN. The van der Waals surface area contributed by atoms with Crippen molar-refractivity contribution in [2.45, 2.75) is 0 Å². The van der Waals surface area contributed by atoms with Crippen LogP contribution in [0, 0.1) is 12.3 Å². The summed E-state index contributed by atoms with van der Waals surface area (Å²) >= 11 is 0. The minimum absolute atomic E-state index is 0.0107. The Morgan fingerprint density at radius 1 is 1.90 bits per heavy atom. The summed E-state index contributed by atoms with van der Waals surface area (Å²) in [7, 11) is 1.53. The number of ether oxygens (including phenoxy) is 1. The van der Waals surface area contributed by atoms with Crippen molar-refractivity contribution in [2.75, 3.05) is 20.3 Å². The van der Waals surface area contributed by atoms with Crippen LogP contribution in [0.1, 0.15) is 0 Å². The largest absolute Gasteiger partial charge is 0.436 e. The first-order chi connectivity index (χ1) is 4.72. The highest BCUT2D eigenvalue weighted by Gasteiger charge is 2.04. The monoisotopic (exact) mass is 142 g/mol. The zero-order chi connectivity index (χ0) is 7.98. The fourth-order valence-corrected chi connectivity index (χ4v) is 0.288. The molecule has 0 heterocycles. The molecule has 0 rings (SSSR count). The summed E-state index contributed by atoms with van der Waals surface area (Å²) in [6, 6.07) is 0. The summed E-state index contributed by atoms with van der Waals surface area (Å²) in [5, 5.41) is 0. The van der Waals surface area contributed by atoms with Gasteiger partial charge in [-0.15, -0.1) is 6.42 Å². The van der Waals surface area contributed by atoms with Crippen molar-refractivity contribution in [1.29, 1.82) is 0 Å². The molecule has 0 spiro atoms. The summed E-state index contributed by atoms with van der Waals surface area (Å²) < 4.78 is 4.51. The summed E-state index contributed by atoms with van der Waals surface area (Å²) in [5.41, 5.74) is 5.12. The summed E-state index contributed by atoms with van der Waals surface area (Å²) in [6.07, 6.45) is 4.34. The van der Waals surface area contributed by atoms with Crippen LogP contribution in [0.2, 0.25) is 0 Å². The van der Waals surface area contributed by atoms with E-state index in [9.17, 15) is 4.79 Å². The average molecular weight is 142 g/mol. The molecule has 0 bridgehead atoms. The molecule has 0 aliphatic rings. The number of hydrogen-bond acceptors (Lipinski definition) is 3. The number of hydrogen-bond donors (Lipinski definition) is 1. The molecule has 0 aliphatic heterocycles. The Bertz CT molecular complexity index is 150. The van der Waals surface area contributed by atoms with Crippen molar-refractivity contribution in [1.82, 2.24) is 4.90 Å². The Hall–Kier alpha value is -1.21. The van der Waals surface area contributed by atoms with Crippen LogP contribution in [0.5, 0.6) is 0 Å². The molecule has 0 aromatic heterocycles. The molecular formula is C6H10N2O2. The van der Waals surface area contributed by atoms with Crippen LogP contribution in [0.15, 0.2) is 0 Å². The van der Waals surface area contributed by atoms with E-state index in [1.165, 1.54) is 11.9 Å². The number of nitrogens with zero attached hydrogens (tertiary/aromatic N) is 1. The predicted octanol–water partition coefficient (Wildman–Crippen LogP) is -0.396. The van der Waals surface area contributed by atoms with Crippen LogP contribution < -0.4 is 5.73 Å². The van der Waals surface area contributed by atoms with Crippen LogP contribution in [-0.4, -0.2) is 31.3 Å². The van der Waals surface area contributed by atoms with Gasteiger partial charge in [0, 0.05) is 7.05 Å². The standard InChI is InChI=1S/C6H10N2O2/c1-3-4-10-6(9)8(2)5-7/h1H,4-5,7H2,2H3. The van der Waals surface area contributed by atoms with E-state index in [0.29, 0.717) is 0 Å². The zero-order valence-electron chi connectivity index (χ0n) is 5.83. The van der Waals surface area contributed by atoms with Crippen LogP contribution in [-0.2, 0) is 4.74 Å². The van der Waals surface area contributed by atoms with Gasteiger partial charge in [0.2, 0.25) is 0 Å². The van der Waals surface area contributed by atoms with Crippen LogP contribution >= 0.6 is 0 Å². The first kappa shape index (κ1) is 8.79. The zero-order valence-corrected chi connectivity index (χ0v) is 5.83. The molecule has 0 saturated heterocycles. The van der Waals surface area contributed by atoms with Crippen molar-refractivity contribution < 1.29 is 9.53 Å². The van der Waals surface area contributed by atoms with E-state index in [1.807, 2.05) is 0 Å². The maximum absolute atomic E-state index is 10.7. The molecule has 56 valence electrons. The van der Waals surface area contributed by atoms with Gasteiger partial charge >= 0.3 is 6.09 Å². The summed E-state index contributed by atoms with van der Waals surface area (Å²) in [5.74, 6) is 2.17. The number of rotatable bonds is 2. The lowest BCUT2D eigenvalue weighted by Gasteiger charge is -2.12. The van der Waals surface area contributed by atoms with E-state index in [-0.39, 0.29) is 13.3 Å². The molecule has 2 N–H and O–H groups in total. The van der Waals surface area contributed by atoms with Gasteiger partial charge in [-0.2, -0.15) is 0 Å². The van der Waals surface area contributed by atoms with E-state index in [0.717, 1.165) is 0 Å². The molecule has 4 heteroatoms. The van der Waals surface area contributed by atoms with Crippen molar-refractivity contribution in [2.24, 2.45) is 5.73 Å². The second-order valence-electron chi connectivity index (χ2n) is 1.64. The quantitative estimate of drug-likeness (QED) is 0.421. The van der Waals surface area contributed by atoms with E-state index in [4.69, 9.17) is 12.2 Å². The van der Waals surface area contributed by atoms with Gasteiger partial charge in [0.25, 0.3) is 0 Å². The molecule has 0 unspecified atom stereocenters. The Morgan fingerprint density at radius 3 is 2.90 bits per heavy atom. The molecule has 0 radical (unpaired) electrons. The predicted molar refractivity (Wildman–Crippen MR) is 37.0 cm³/mol.